The van der Waals surface area contributed by atoms with Gasteiger partial charge in [0, 0.05) is 6.07 Å². The highest BCUT2D eigenvalue weighted by molar-refractivity contribution is 6.08. The van der Waals surface area contributed by atoms with E-state index in [0.29, 0.717) is 11.3 Å². The van der Waals surface area contributed by atoms with Crippen molar-refractivity contribution in [3.8, 4) is 17.2 Å². The van der Waals surface area contributed by atoms with Gasteiger partial charge in [-0.15, -0.1) is 0 Å². The zero-order chi connectivity index (χ0) is 20.8. The number of ether oxygens (including phenoxy) is 2. The van der Waals surface area contributed by atoms with Crippen molar-refractivity contribution >= 4 is 11.9 Å². The molecule has 1 N–H and O–H groups in total. The minimum absolute atomic E-state index is 0.0443. The molecule has 0 spiro atoms. The Bertz CT molecular complexity index is 998. The minimum atomic E-state index is -0.254. The molecule has 0 unspecified atom stereocenters. The third-order valence-corrected chi connectivity index (χ3v) is 5.72. The van der Waals surface area contributed by atoms with Crippen LogP contribution in [0.25, 0.3) is 6.08 Å². The summed E-state index contributed by atoms with van der Waals surface area (Å²) >= 11 is 0. The number of fused-ring (bicyclic) bond motifs is 2. The highest BCUT2D eigenvalue weighted by Crippen LogP contribution is 2.37. The van der Waals surface area contributed by atoms with Gasteiger partial charge in [-0.25, -0.2) is 0 Å². The zero-order valence-corrected chi connectivity index (χ0v) is 17.5. The fourth-order valence-corrected chi connectivity index (χ4v) is 3.93. The van der Waals surface area contributed by atoms with Crippen molar-refractivity contribution in [3.05, 3.63) is 58.7 Å². The molecule has 0 atom stereocenters. The van der Waals surface area contributed by atoms with Crippen LogP contribution >= 0.6 is 0 Å². The average molecular weight is 392 g/mol. The average Bonchev–Trinajstić information content (AvgIpc) is 2.64. The van der Waals surface area contributed by atoms with Crippen LogP contribution < -0.4 is 9.47 Å². The van der Waals surface area contributed by atoms with Crippen LogP contribution in [-0.2, 0) is 12.8 Å². The minimum Gasteiger partial charge on any atom is -0.507 e. The normalized spacial score (nSPS) is 19.0. The Balaban J connectivity index is 1.54. The Morgan fingerprint density at radius 3 is 2.24 bits per heavy atom. The van der Waals surface area contributed by atoms with Gasteiger partial charge in [0.2, 0.25) is 0 Å². The van der Waals surface area contributed by atoms with Crippen molar-refractivity contribution in [1.82, 2.24) is 0 Å². The van der Waals surface area contributed by atoms with Gasteiger partial charge < -0.3 is 14.6 Å². The van der Waals surface area contributed by atoms with Gasteiger partial charge in [-0.2, -0.15) is 0 Å². The molecule has 2 aromatic carbocycles. The van der Waals surface area contributed by atoms with Crippen LogP contribution in [0.1, 0.15) is 67.6 Å². The quantitative estimate of drug-likeness (QED) is 0.554. The molecular formula is C25H28O4. The van der Waals surface area contributed by atoms with Gasteiger partial charge in [0.05, 0.1) is 5.56 Å². The first-order chi connectivity index (χ1) is 13.6. The highest BCUT2D eigenvalue weighted by Gasteiger charge is 2.28. The number of aromatic hydroxyl groups is 1. The number of phenols is 1. The molecule has 0 bridgehead atoms. The van der Waals surface area contributed by atoms with E-state index in [2.05, 4.69) is 19.9 Å². The predicted octanol–water partition coefficient (Wildman–Crippen LogP) is 5.50. The Labute approximate surface area is 172 Å². The van der Waals surface area contributed by atoms with Crippen molar-refractivity contribution in [3.63, 3.8) is 0 Å². The van der Waals surface area contributed by atoms with E-state index in [1.807, 2.05) is 26.0 Å². The zero-order valence-electron chi connectivity index (χ0n) is 17.5. The van der Waals surface area contributed by atoms with Crippen molar-refractivity contribution in [2.75, 3.05) is 0 Å². The standard InChI is InChI=1S/C25H28O4/c1-24(2)11-9-17-13-16(6-8-22(17)28-24)5-7-20(26)19-14-18-10-12-25(3,4)29-23(18)15-21(19)27/h5-8,13-15,27H,9-12H2,1-4H3. The van der Waals surface area contributed by atoms with Crippen molar-refractivity contribution in [2.45, 2.75) is 64.6 Å². The van der Waals surface area contributed by atoms with Crippen LogP contribution in [-0.4, -0.2) is 22.1 Å². The molecular weight excluding hydrogens is 364 g/mol. The number of rotatable bonds is 3. The topological polar surface area (TPSA) is 55.8 Å². The summed E-state index contributed by atoms with van der Waals surface area (Å²) in [4.78, 5) is 12.7. The van der Waals surface area contributed by atoms with Crippen molar-refractivity contribution < 1.29 is 19.4 Å². The van der Waals surface area contributed by atoms with E-state index in [1.165, 1.54) is 6.08 Å². The monoisotopic (exact) mass is 392 g/mol. The summed E-state index contributed by atoms with van der Waals surface area (Å²) in [7, 11) is 0. The smallest absolute Gasteiger partial charge is 0.189 e. The van der Waals surface area contributed by atoms with E-state index in [9.17, 15) is 9.90 Å². The van der Waals surface area contributed by atoms with Gasteiger partial charge in [-0.05, 0) is 94.3 Å². The summed E-state index contributed by atoms with van der Waals surface area (Å²) < 4.78 is 11.9. The second-order valence-electron chi connectivity index (χ2n) is 9.27. The summed E-state index contributed by atoms with van der Waals surface area (Å²) in [6.45, 7) is 8.25. The summed E-state index contributed by atoms with van der Waals surface area (Å²) in [6.07, 6.45) is 6.94. The molecule has 4 nitrogen and oxygen atoms in total. The highest BCUT2D eigenvalue weighted by atomic mass is 16.5. The molecule has 152 valence electrons. The molecule has 0 saturated heterocycles. The number of phenolic OH excluding ortho intramolecular Hbond substituents is 1. The first kappa shape index (κ1) is 19.6. The number of hydrogen-bond acceptors (Lipinski definition) is 4. The molecule has 0 radical (unpaired) electrons. The Morgan fingerprint density at radius 2 is 1.55 bits per heavy atom. The first-order valence-corrected chi connectivity index (χ1v) is 10.2. The number of hydrogen-bond donors (Lipinski definition) is 1. The number of allylic oxidation sites excluding steroid dienone is 1. The molecule has 2 aliphatic heterocycles. The maximum atomic E-state index is 12.7. The lowest BCUT2D eigenvalue weighted by molar-refractivity contribution is 0.0840. The lowest BCUT2D eigenvalue weighted by atomic mass is 9.92. The number of carbonyl (C=O) groups is 1. The summed E-state index contributed by atoms with van der Waals surface area (Å²) in [5, 5.41) is 10.4. The molecule has 0 aliphatic carbocycles. The van der Waals surface area contributed by atoms with E-state index in [0.717, 1.165) is 48.1 Å². The van der Waals surface area contributed by atoms with E-state index in [4.69, 9.17) is 9.47 Å². The van der Waals surface area contributed by atoms with E-state index in [-0.39, 0.29) is 22.7 Å². The molecule has 0 amide bonds. The molecule has 2 aliphatic rings. The second kappa shape index (κ2) is 6.94. The van der Waals surface area contributed by atoms with E-state index in [1.54, 1.807) is 18.2 Å². The Hall–Kier alpha value is -2.75. The van der Waals surface area contributed by atoms with Crippen LogP contribution in [0.2, 0.25) is 0 Å². The van der Waals surface area contributed by atoms with Crippen LogP contribution in [0.15, 0.2) is 36.4 Å². The first-order valence-electron chi connectivity index (χ1n) is 10.2. The predicted molar refractivity (Wildman–Crippen MR) is 114 cm³/mol. The van der Waals surface area contributed by atoms with Crippen molar-refractivity contribution in [2.24, 2.45) is 0 Å². The van der Waals surface area contributed by atoms with Crippen molar-refractivity contribution in [1.29, 1.82) is 0 Å². The van der Waals surface area contributed by atoms with Gasteiger partial charge in [-0.1, -0.05) is 12.1 Å². The van der Waals surface area contributed by atoms with Crippen LogP contribution in [0.4, 0.5) is 0 Å². The molecule has 0 fully saturated rings. The van der Waals surface area contributed by atoms with Gasteiger partial charge >= 0.3 is 0 Å². The number of benzene rings is 2. The summed E-state index contributed by atoms with van der Waals surface area (Å²) in [5.74, 6) is 1.32. The molecule has 0 aromatic heterocycles. The third kappa shape index (κ3) is 4.16. The molecule has 2 heterocycles. The van der Waals surface area contributed by atoms with Gasteiger partial charge in [-0.3, -0.25) is 4.79 Å². The van der Waals surface area contributed by atoms with E-state index < -0.39 is 0 Å². The fraction of sp³-hybridized carbons (Fsp3) is 0.400. The number of carbonyl (C=O) groups excluding carboxylic acids is 1. The van der Waals surface area contributed by atoms with Crippen LogP contribution in [0.5, 0.6) is 17.2 Å². The largest absolute Gasteiger partial charge is 0.507 e. The van der Waals surface area contributed by atoms with E-state index >= 15 is 0 Å². The second-order valence-corrected chi connectivity index (χ2v) is 9.27. The lowest BCUT2D eigenvalue weighted by Crippen LogP contribution is -2.32. The summed E-state index contributed by atoms with van der Waals surface area (Å²) in [6, 6.07) is 9.31. The molecule has 2 aromatic rings. The maximum absolute atomic E-state index is 12.7. The Morgan fingerprint density at radius 1 is 0.931 bits per heavy atom. The van der Waals surface area contributed by atoms with Gasteiger partial charge in [0.1, 0.15) is 28.5 Å². The number of ketones is 1. The maximum Gasteiger partial charge on any atom is 0.189 e. The lowest BCUT2D eigenvalue weighted by Gasteiger charge is -2.32. The fourth-order valence-electron chi connectivity index (χ4n) is 3.93. The Kier molecular flexibility index (Phi) is 4.68. The molecule has 0 saturated carbocycles. The third-order valence-electron chi connectivity index (χ3n) is 5.72. The van der Waals surface area contributed by atoms with Gasteiger partial charge in [0.25, 0.3) is 0 Å². The number of aryl methyl sites for hydroxylation is 2. The van der Waals surface area contributed by atoms with Crippen LogP contribution in [0.3, 0.4) is 0 Å². The summed E-state index contributed by atoms with van der Waals surface area (Å²) in [5.41, 5.74) is 3.00. The SMILES string of the molecule is CC1(C)CCc2cc(C=CC(=O)c3cc4c(cc3O)OC(C)(C)CC4)ccc2O1. The van der Waals surface area contributed by atoms with Crippen LogP contribution in [0, 0.1) is 0 Å². The molecule has 4 heteroatoms. The van der Waals surface area contributed by atoms with Gasteiger partial charge in [0.15, 0.2) is 5.78 Å². The molecule has 4 rings (SSSR count). The molecule has 29 heavy (non-hydrogen) atoms.